The molecule has 4 N–H and O–H groups in total. The molecule has 0 unspecified atom stereocenters. The van der Waals surface area contributed by atoms with Gasteiger partial charge < -0.3 is 11.5 Å². The fourth-order valence-corrected chi connectivity index (χ4v) is 3.40. The number of benzene rings is 4. The van der Waals surface area contributed by atoms with E-state index in [4.69, 9.17) is 11.5 Å². The molecule has 4 aromatic rings. The van der Waals surface area contributed by atoms with Crippen LogP contribution in [-0.2, 0) is 0 Å². The molecule has 2 heteroatoms. The first-order valence-corrected chi connectivity index (χ1v) is 7.73. The van der Waals surface area contributed by atoms with Crippen molar-refractivity contribution in [1.29, 1.82) is 0 Å². The Labute approximate surface area is 135 Å². The Morgan fingerprint density at radius 2 is 1.13 bits per heavy atom. The van der Waals surface area contributed by atoms with Crippen LogP contribution in [0.1, 0.15) is 5.56 Å². The smallest absolute Gasteiger partial charge is 0.0481 e. The zero-order valence-corrected chi connectivity index (χ0v) is 13.0. The van der Waals surface area contributed by atoms with Gasteiger partial charge in [0.25, 0.3) is 0 Å². The van der Waals surface area contributed by atoms with Crippen LogP contribution in [0, 0.1) is 6.92 Å². The van der Waals surface area contributed by atoms with Gasteiger partial charge >= 0.3 is 0 Å². The molecule has 0 bridgehead atoms. The molecule has 4 rings (SSSR count). The van der Waals surface area contributed by atoms with Gasteiger partial charge in [0.05, 0.1) is 0 Å². The van der Waals surface area contributed by atoms with Gasteiger partial charge in [0.2, 0.25) is 0 Å². The standard InChI is InChI=1S/C21H18N2/c1-13-7-2-3-8-14(13)15-11-6-12-18-19(15)21(23)17-10-5-4-9-16(17)20(18)22/h2-12H,22-23H2,1H3. The Hall–Kier alpha value is -3.00. The third kappa shape index (κ3) is 1.95. The molecule has 0 amide bonds. The zero-order valence-electron chi connectivity index (χ0n) is 13.0. The molecule has 112 valence electrons. The number of anilines is 2. The Bertz CT molecular complexity index is 1050. The molecule has 23 heavy (non-hydrogen) atoms. The SMILES string of the molecule is Cc1ccccc1-c1cccc2c(N)c3ccccc3c(N)c12. The topological polar surface area (TPSA) is 52.0 Å². The number of hydrogen-bond donors (Lipinski definition) is 2. The molecule has 0 heterocycles. The van der Waals surface area contributed by atoms with Gasteiger partial charge in [-0.15, -0.1) is 0 Å². The monoisotopic (exact) mass is 298 g/mol. The average molecular weight is 298 g/mol. The number of nitrogen functional groups attached to an aromatic ring is 2. The van der Waals surface area contributed by atoms with Crippen LogP contribution in [0.3, 0.4) is 0 Å². The van der Waals surface area contributed by atoms with E-state index in [1.165, 1.54) is 11.1 Å². The van der Waals surface area contributed by atoms with E-state index in [9.17, 15) is 0 Å². The summed E-state index contributed by atoms with van der Waals surface area (Å²) in [6.45, 7) is 2.12. The van der Waals surface area contributed by atoms with Crippen LogP contribution < -0.4 is 11.5 Å². The van der Waals surface area contributed by atoms with Crippen molar-refractivity contribution in [2.45, 2.75) is 6.92 Å². The minimum absolute atomic E-state index is 0.792. The maximum Gasteiger partial charge on any atom is 0.0481 e. The second-order valence-electron chi connectivity index (χ2n) is 5.92. The summed E-state index contributed by atoms with van der Waals surface area (Å²) in [5.74, 6) is 0. The second-order valence-corrected chi connectivity index (χ2v) is 5.92. The molecule has 0 aliphatic rings. The number of aryl methyl sites for hydroxylation is 1. The van der Waals surface area contributed by atoms with Crippen molar-refractivity contribution in [3.63, 3.8) is 0 Å². The fraction of sp³-hybridized carbons (Fsp3) is 0.0476. The molecule has 0 atom stereocenters. The van der Waals surface area contributed by atoms with Crippen molar-refractivity contribution in [2.24, 2.45) is 0 Å². The van der Waals surface area contributed by atoms with E-state index >= 15 is 0 Å². The average Bonchev–Trinajstić information content (AvgIpc) is 2.59. The molecular formula is C21H18N2. The van der Waals surface area contributed by atoms with Gasteiger partial charge in [0.1, 0.15) is 0 Å². The molecule has 0 aliphatic carbocycles. The van der Waals surface area contributed by atoms with Crippen molar-refractivity contribution < 1.29 is 0 Å². The maximum atomic E-state index is 6.56. The van der Waals surface area contributed by atoms with Crippen molar-refractivity contribution >= 4 is 32.9 Å². The summed E-state index contributed by atoms with van der Waals surface area (Å²) in [6.07, 6.45) is 0. The van der Waals surface area contributed by atoms with Crippen LogP contribution in [-0.4, -0.2) is 0 Å². The third-order valence-corrected chi connectivity index (χ3v) is 4.57. The largest absolute Gasteiger partial charge is 0.398 e. The van der Waals surface area contributed by atoms with E-state index in [0.717, 1.165) is 38.5 Å². The van der Waals surface area contributed by atoms with E-state index in [1.807, 2.05) is 24.3 Å². The lowest BCUT2D eigenvalue weighted by molar-refractivity contribution is 1.47. The van der Waals surface area contributed by atoms with E-state index < -0.39 is 0 Å². The second kappa shape index (κ2) is 5.03. The number of fused-ring (bicyclic) bond motifs is 2. The van der Waals surface area contributed by atoms with E-state index in [2.05, 4.69) is 49.4 Å². The molecule has 0 saturated carbocycles. The van der Waals surface area contributed by atoms with Gasteiger partial charge in [-0.1, -0.05) is 66.7 Å². The molecule has 0 radical (unpaired) electrons. The summed E-state index contributed by atoms with van der Waals surface area (Å²) in [6, 6.07) is 22.6. The molecule has 0 fully saturated rings. The van der Waals surface area contributed by atoms with Gasteiger partial charge in [-0.3, -0.25) is 0 Å². The summed E-state index contributed by atoms with van der Waals surface area (Å²) in [5, 5.41) is 4.08. The highest BCUT2D eigenvalue weighted by atomic mass is 14.6. The van der Waals surface area contributed by atoms with Crippen LogP contribution >= 0.6 is 0 Å². The van der Waals surface area contributed by atoms with Crippen LogP contribution in [0.15, 0.2) is 66.7 Å². The molecule has 0 aromatic heterocycles. The van der Waals surface area contributed by atoms with Crippen LogP contribution in [0.5, 0.6) is 0 Å². The van der Waals surface area contributed by atoms with Crippen molar-refractivity contribution in [3.8, 4) is 11.1 Å². The Morgan fingerprint density at radius 3 is 1.87 bits per heavy atom. The number of nitrogens with two attached hydrogens (primary N) is 2. The van der Waals surface area contributed by atoms with Gasteiger partial charge in [0.15, 0.2) is 0 Å². The van der Waals surface area contributed by atoms with E-state index in [-0.39, 0.29) is 0 Å². The fourth-order valence-electron chi connectivity index (χ4n) is 3.40. The predicted molar refractivity (Wildman–Crippen MR) is 100 cm³/mol. The molecule has 0 aliphatic heterocycles. The lowest BCUT2D eigenvalue weighted by Gasteiger charge is -2.16. The Morgan fingerprint density at radius 1 is 0.565 bits per heavy atom. The molecule has 4 aromatic carbocycles. The lowest BCUT2D eigenvalue weighted by Crippen LogP contribution is -1.97. The molecule has 0 saturated heterocycles. The zero-order chi connectivity index (χ0) is 16.0. The summed E-state index contributed by atoms with van der Waals surface area (Å²) >= 11 is 0. The normalized spacial score (nSPS) is 11.2. The Kier molecular flexibility index (Phi) is 2.98. The molecular weight excluding hydrogens is 280 g/mol. The first-order chi connectivity index (χ1) is 11.2. The summed E-state index contributed by atoms with van der Waals surface area (Å²) < 4.78 is 0. The van der Waals surface area contributed by atoms with E-state index in [1.54, 1.807) is 0 Å². The first kappa shape index (κ1) is 13.6. The van der Waals surface area contributed by atoms with E-state index in [0.29, 0.717) is 0 Å². The third-order valence-electron chi connectivity index (χ3n) is 4.57. The van der Waals surface area contributed by atoms with Crippen molar-refractivity contribution in [3.05, 3.63) is 72.3 Å². The minimum atomic E-state index is 0.792. The predicted octanol–water partition coefficient (Wildman–Crippen LogP) is 5.13. The highest BCUT2D eigenvalue weighted by molar-refractivity contribution is 6.22. The minimum Gasteiger partial charge on any atom is -0.398 e. The van der Waals surface area contributed by atoms with Crippen LogP contribution in [0.2, 0.25) is 0 Å². The number of rotatable bonds is 1. The molecule has 2 nitrogen and oxygen atoms in total. The first-order valence-electron chi connectivity index (χ1n) is 7.73. The highest BCUT2D eigenvalue weighted by Crippen LogP contribution is 2.41. The summed E-state index contributed by atoms with van der Waals surface area (Å²) in [5.41, 5.74) is 18.2. The van der Waals surface area contributed by atoms with Gasteiger partial charge in [-0.05, 0) is 23.6 Å². The Balaban J connectivity index is 2.22. The molecule has 0 spiro atoms. The van der Waals surface area contributed by atoms with Crippen LogP contribution in [0.4, 0.5) is 11.4 Å². The van der Waals surface area contributed by atoms with Crippen molar-refractivity contribution in [2.75, 3.05) is 11.5 Å². The van der Waals surface area contributed by atoms with Gasteiger partial charge in [0, 0.05) is 32.9 Å². The van der Waals surface area contributed by atoms with Gasteiger partial charge in [-0.25, -0.2) is 0 Å². The number of hydrogen-bond acceptors (Lipinski definition) is 2. The lowest BCUT2D eigenvalue weighted by atomic mass is 9.91. The maximum absolute atomic E-state index is 6.56. The van der Waals surface area contributed by atoms with Crippen LogP contribution in [0.25, 0.3) is 32.7 Å². The van der Waals surface area contributed by atoms with Gasteiger partial charge in [-0.2, -0.15) is 0 Å². The quantitative estimate of drug-likeness (QED) is 0.291. The van der Waals surface area contributed by atoms with Crippen molar-refractivity contribution in [1.82, 2.24) is 0 Å². The highest BCUT2D eigenvalue weighted by Gasteiger charge is 2.14. The summed E-state index contributed by atoms with van der Waals surface area (Å²) in [4.78, 5) is 0. The summed E-state index contributed by atoms with van der Waals surface area (Å²) in [7, 11) is 0.